The van der Waals surface area contributed by atoms with Crippen LogP contribution in [0.3, 0.4) is 0 Å². The van der Waals surface area contributed by atoms with E-state index in [4.69, 9.17) is 0 Å². The first-order valence-corrected chi connectivity index (χ1v) is 11.0. The monoisotopic (exact) mass is 432 g/mol. The number of aromatic nitrogens is 1. The van der Waals surface area contributed by atoms with Gasteiger partial charge in [0.05, 0.1) is 5.92 Å². The lowest BCUT2D eigenvalue weighted by molar-refractivity contribution is -0.136. The number of carbonyl (C=O) groups excluding carboxylic acids is 3. The van der Waals surface area contributed by atoms with Crippen LogP contribution in [-0.2, 0) is 20.8 Å². The molecule has 7 nitrogen and oxygen atoms in total. The van der Waals surface area contributed by atoms with Crippen molar-refractivity contribution < 1.29 is 14.4 Å². The zero-order valence-corrected chi connectivity index (χ0v) is 18.1. The molecule has 1 aromatic carbocycles. The summed E-state index contributed by atoms with van der Waals surface area (Å²) in [5, 5.41) is 2.76. The number of hydrogen-bond acceptors (Lipinski definition) is 4. The van der Waals surface area contributed by atoms with Crippen LogP contribution in [0.4, 0.5) is 0 Å². The number of nitrogens with zero attached hydrogens (tertiary/aromatic N) is 3. The second-order valence-electron chi connectivity index (χ2n) is 8.36. The first-order chi connectivity index (χ1) is 15.5. The van der Waals surface area contributed by atoms with Crippen LogP contribution >= 0.6 is 0 Å². The van der Waals surface area contributed by atoms with E-state index in [1.165, 1.54) is 0 Å². The third-order valence-electron chi connectivity index (χ3n) is 6.10. The molecule has 0 spiro atoms. The molecule has 2 atom stereocenters. The van der Waals surface area contributed by atoms with Crippen molar-refractivity contribution in [1.29, 1.82) is 0 Å². The van der Waals surface area contributed by atoms with Gasteiger partial charge in [0.25, 0.3) is 0 Å². The molecular formula is C25H28N4O3. The van der Waals surface area contributed by atoms with Gasteiger partial charge in [0, 0.05) is 45.0 Å². The van der Waals surface area contributed by atoms with Crippen LogP contribution in [-0.4, -0.2) is 64.7 Å². The number of benzene rings is 1. The van der Waals surface area contributed by atoms with Crippen molar-refractivity contribution in [2.45, 2.75) is 25.3 Å². The summed E-state index contributed by atoms with van der Waals surface area (Å²) in [6.07, 6.45) is 6.68. The molecule has 2 fully saturated rings. The van der Waals surface area contributed by atoms with Crippen molar-refractivity contribution >= 4 is 17.7 Å². The molecule has 0 bridgehead atoms. The van der Waals surface area contributed by atoms with Crippen molar-refractivity contribution in [2.24, 2.45) is 5.92 Å². The molecule has 3 amide bonds. The predicted molar refractivity (Wildman–Crippen MR) is 121 cm³/mol. The fourth-order valence-corrected chi connectivity index (χ4v) is 4.45. The Kier molecular flexibility index (Phi) is 6.63. The van der Waals surface area contributed by atoms with Crippen molar-refractivity contribution in [3.05, 3.63) is 67.0 Å². The highest BCUT2D eigenvalue weighted by Gasteiger charge is 2.36. The summed E-state index contributed by atoms with van der Waals surface area (Å²) in [7, 11) is 0. The lowest BCUT2D eigenvalue weighted by Gasteiger charge is -2.26. The lowest BCUT2D eigenvalue weighted by atomic mass is 9.95. The summed E-state index contributed by atoms with van der Waals surface area (Å²) in [5.41, 5.74) is 3.09. The molecule has 1 aromatic heterocycles. The van der Waals surface area contributed by atoms with Crippen molar-refractivity contribution in [1.82, 2.24) is 20.1 Å². The third-order valence-corrected chi connectivity index (χ3v) is 6.10. The first kappa shape index (κ1) is 21.7. The van der Waals surface area contributed by atoms with Crippen molar-refractivity contribution in [2.75, 3.05) is 26.2 Å². The average molecular weight is 433 g/mol. The molecule has 4 rings (SSSR count). The van der Waals surface area contributed by atoms with Crippen LogP contribution in [0.2, 0.25) is 0 Å². The van der Waals surface area contributed by atoms with E-state index >= 15 is 0 Å². The highest BCUT2D eigenvalue weighted by Crippen LogP contribution is 2.23. The summed E-state index contributed by atoms with van der Waals surface area (Å²) in [6.45, 7) is 5.48. The standard InChI is InChI=1S/C25H28N4O3/c1-2-11-28-12-13-29(25(32)22-8-9-23(30)27-22)17-21(24(28)31)15-18-5-3-6-19(14-18)20-7-4-10-26-16-20/h2-7,10,14,16,21-22H,1,8-9,11-13,15,17H2,(H,27,30). The zero-order chi connectivity index (χ0) is 22.5. The molecular weight excluding hydrogens is 404 g/mol. The van der Waals surface area contributed by atoms with Crippen LogP contribution < -0.4 is 5.32 Å². The van der Waals surface area contributed by atoms with Gasteiger partial charge in [-0.25, -0.2) is 0 Å². The van der Waals surface area contributed by atoms with Gasteiger partial charge >= 0.3 is 0 Å². The van der Waals surface area contributed by atoms with E-state index in [0.717, 1.165) is 16.7 Å². The average Bonchev–Trinajstić information content (AvgIpc) is 3.20. The first-order valence-electron chi connectivity index (χ1n) is 11.0. The predicted octanol–water partition coefficient (Wildman–Crippen LogP) is 2.04. The summed E-state index contributed by atoms with van der Waals surface area (Å²) < 4.78 is 0. The summed E-state index contributed by atoms with van der Waals surface area (Å²) in [5.74, 6) is -0.519. The van der Waals surface area contributed by atoms with E-state index in [1.54, 1.807) is 22.1 Å². The molecule has 166 valence electrons. The van der Waals surface area contributed by atoms with Crippen molar-refractivity contribution in [3.8, 4) is 11.1 Å². The van der Waals surface area contributed by atoms with Gasteiger partial charge < -0.3 is 15.1 Å². The molecule has 2 unspecified atom stereocenters. The van der Waals surface area contributed by atoms with E-state index in [2.05, 4.69) is 22.9 Å². The molecule has 0 saturated carbocycles. The van der Waals surface area contributed by atoms with Crippen LogP contribution in [0.5, 0.6) is 0 Å². The maximum absolute atomic E-state index is 13.3. The Bertz CT molecular complexity index is 1010. The van der Waals surface area contributed by atoms with Gasteiger partial charge in [-0.15, -0.1) is 6.58 Å². The Morgan fingerprint density at radius 1 is 1.19 bits per heavy atom. The Balaban J connectivity index is 1.55. The molecule has 1 N–H and O–H groups in total. The molecule has 2 aromatic rings. The summed E-state index contributed by atoms with van der Waals surface area (Å²) >= 11 is 0. The van der Waals surface area contributed by atoms with Gasteiger partial charge in [-0.1, -0.05) is 36.4 Å². The largest absolute Gasteiger partial charge is 0.344 e. The Labute approximate surface area is 188 Å². The van der Waals surface area contributed by atoms with Crippen LogP contribution in [0.1, 0.15) is 18.4 Å². The molecule has 2 aliphatic rings. The molecule has 7 heteroatoms. The number of amides is 3. The van der Waals surface area contributed by atoms with E-state index in [1.807, 2.05) is 36.5 Å². The second-order valence-corrected chi connectivity index (χ2v) is 8.36. The maximum atomic E-state index is 13.3. The molecule has 32 heavy (non-hydrogen) atoms. The fourth-order valence-electron chi connectivity index (χ4n) is 4.45. The topological polar surface area (TPSA) is 82.6 Å². The Morgan fingerprint density at radius 3 is 2.75 bits per heavy atom. The zero-order valence-electron chi connectivity index (χ0n) is 18.1. The number of hydrogen-bond donors (Lipinski definition) is 1. The van der Waals surface area contributed by atoms with E-state index in [9.17, 15) is 14.4 Å². The number of rotatable bonds is 6. The highest BCUT2D eigenvalue weighted by molar-refractivity contribution is 5.91. The Morgan fingerprint density at radius 2 is 2.03 bits per heavy atom. The minimum absolute atomic E-state index is 0.0300. The highest BCUT2D eigenvalue weighted by atomic mass is 16.2. The minimum Gasteiger partial charge on any atom is -0.344 e. The normalized spacial score (nSPS) is 21.2. The SMILES string of the molecule is C=CCN1CCN(C(=O)C2CCC(=O)N2)CC(Cc2cccc(-c3cccnc3)c2)C1=O. The number of pyridine rings is 1. The summed E-state index contributed by atoms with van der Waals surface area (Å²) in [6, 6.07) is 11.5. The molecule has 0 aliphatic carbocycles. The quantitative estimate of drug-likeness (QED) is 0.709. The minimum atomic E-state index is -0.488. The van der Waals surface area contributed by atoms with Crippen molar-refractivity contribution in [3.63, 3.8) is 0 Å². The van der Waals surface area contributed by atoms with Crippen LogP contribution in [0.15, 0.2) is 61.4 Å². The van der Waals surface area contributed by atoms with E-state index < -0.39 is 6.04 Å². The van der Waals surface area contributed by atoms with Gasteiger partial charge in [-0.2, -0.15) is 0 Å². The Hall–Kier alpha value is -3.48. The molecule has 0 radical (unpaired) electrons. The molecule has 2 aliphatic heterocycles. The fraction of sp³-hybridized carbons (Fsp3) is 0.360. The summed E-state index contributed by atoms with van der Waals surface area (Å²) in [4.78, 5) is 45.6. The number of carbonyl (C=O) groups is 3. The van der Waals surface area contributed by atoms with Gasteiger partial charge in [0.2, 0.25) is 17.7 Å². The number of nitrogens with one attached hydrogen (secondary N) is 1. The smallest absolute Gasteiger partial charge is 0.245 e. The van der Waals surface area contributed by atoms with E-state index in [-0.39, 0.29) is 23.6 Å². The van der Waals surface area contributed by atoms with Gasteiger partial charge in [0.15, 0.2) is 0 Å². The van der Waals surface area contributed by atoms with Crippen LogP contribution in [0.25, 0.3) is 11.1 Å². The van der Waals surface area contributed by atoms with Gasteiger partial charge in [0.1, 0.15) is 6.04 Å². The van der Waals surface area contributed by atoms with Crippen LogP contribution in [0, 0.1) is 5.92 Å². The van der Waals surface area contributed by atoms with E-state index in [0.29, 0.717) is 45.4 Å². The lowest BCUT2D eigenvalue weighted by Crippen LogP contribution is -2.46. The third kappa shape index (κ3) is 4.88. The second kappa shape index (κ2) is 9.77. The maximum Gasteiger partial charge on any atom is 0.245 e. The van der Waals surface area contributed by atoms with Gasteiger partial charge in [-0.3, -0.25) is 19.4 Å². The molecule has 2 saturated heterocycles. The molecule has 3 heterocycles. The van der Waals surface area contributed by atoms with Gasteiger partial charge in [-0.05, 0) is 35.6 Å².